The van der Waals surface area contributed by atoms with Crippen molar-refractivity contribution >= 4 is 10.9 Å². The molecule has 0 unspecified atom stereocenters. The third kappa shape index (κ3) is 3.12. The van der Waals surface area contributed by atoms with Gasteiger partial charge < -0.3 is 16.0 Å². The molecule has 0 fully saturated rings. The molecule has 0 bridgehead atoms. The lowest BCUT2D eigenvalue weighted by Crippen LogP contribution is -2.17. The van der Waals surface area contributed by atoms with Crippen LogP contribution in [0, 0.1) is 0 Å². The molecule has 98 valence electrons. The Morgan fingerprint density at radius 1 is 1.28 bits per heavy atom. The van der Waals surface area contributed by atoms with Crippen molar-refractivity contribution in [2.75, 3.05) is 13.1 Å². The highest BCUT2D eigenvalue weighted by Gasteiger charge is 2.04. The molecule has 2 rings (SSSR count). The Balaban J connectivity index is 2.07. The predicted molar refractivity (Wildman–Crippen MR) is 77.8 cm³/mol. The van der Waals surface area contributed by atoms with Gasteiger partial charge in [0.15, 0.2) is 0 Å². The number of fused-ring (bicyclic) bond motifs is 1. The van der Waals surface area contributed by atoms with Crippen molar-refractivity contribution in [1.82, 2.24) is 10.3 Å². The van der Waals surface area contributed by atoms with Crippen LogP contribution in [-0.4, -0.2) is 18.1 Å². The van der Waals surface area contributed by atoms with Gasteiger partial charge in [-0.15, -0.1) is 0 Å². The average Bonchev–Trinajstić information content (AvgIpc) is 2.78. The highest BCUT2D eigenvalue weighted by Crippen LogP contribution is 2.21. The van der Waals surface area contributed by atoms with Crippen LogP contribution in [0.3, 0.4) is 0 Å². The van der Waals surface area contributed by atoms with Crippen molar-refractivity contribution in [3.05, 3.63) is 35.5 Å². The Morgan fingerprint density at radius 2 is 2.11 bits per heavy atom. The van der Waals surface area contributed by atoms with Gasteiger partial charge in [0.2, 0.25) is 0 Å². The van der Waals surface area contributed by atoms with Gasteiger partial charge >= 0.3 is 0 Å². The zero-order chi connectivity index (χ0) is 13.0. The third-order valence-corrected chi connectivity index (χ3v) is 3.21. The van der Waals surface area contributed by atoms with Crippen LogP contribution >= 0.6 is 0 Å². The van der Waals surface area contributed by atoms with E-state index in [1.165, 1.54) is 22.2 Å². The van der Waals surface area contributed by atoms with Crippen LogP contribution in [0.1, 0.15) is 37.4 Å². The quantitative estimate of drug-likeness (QED) is 0.685. The van der Waals surface area contributed by atoms with Crippen LogP contribution < -0.4 is 11.1 Å². The van der Waals surface area contributed by atoms with E-state index >= 15 is 0 Å². The van der Waals surface area contributed by atoms with Gasteiger partial charge in [-0.25, -0.2) is 0 Å². The SMILES string of the molecule is CC(C)c1cc2cc(CNCCCN)ccc2[nH]1. The fourth-order valence-corrected chi connectivity index (χ4v) is 2.09. The molecule has 2 aromatic rings. The van der Waals surface area contributed by atoms with Crippen molar-refractivity contribution < 1.29 is 0 Å². The molecule has 0 atom stereocenters. The number of nitrogens with one attached hydrogen (secondary N) is 2. The van der Waals surface area contributed by atoms with Crippen LogP contribution in [0.25, 0.3) is 10.9 Å². The summed E-state index contributed by atoms with van der Waals surface area (Å²) in [7, 11) is 0. The van der Waals surface area contributed by atoms with Gasteiger partial charge in [-0.3, -0.25) is 0 Å². The first-order valence-corrected chi connectivity index (χ1v) is 6.73. The number of rotatable bonds is 6. The van der Waals surface area contributed by atoms with Gasteiger partial charge in [-0.2, -0.15) is 0 Å². The number of aromatic nitrogens is 1. The van der Waals surface area contributed by atoms with Crippen LogP contribution in [0.15, 0.2) is 24.3 Å². The summed E-state index contributed by atoms with van der Waals surface area (Å²) >= 11 is 0. The Hall–Kier alpha value is -1.32. The van der Waals surface area contributed by atoms with Crippen LogP contribution in [0.4, 0.5) is 0 Å². The summed E-state index contributed by atoms with van der Waals surface area (Å²) in [6, 6.07) is 8.86. The fourth-order valence-electron chi connectivity index (χ4n) is 2.09. The zero-order valence-corrected chi connectivity index (χ0v) is 11.3. The molecule has 1 aromatic carbocycles. The van der Waals surface area contributed by atoms with Gasteiger partial charge in [-0.05, 0) is 54.6 Å². The second-order valence-corrected chi connectivity index (χ2v) is 5.12. The van der Waals surface area contributed by atoms with E-state index < -0.39 is 0 Å². The molecule has 0 aliphatic heterocycles. The van der Waals surface area contributed by atoms with Crippen LogP contribution in [0.5, 0.6) is 0 Å². The molecule has 0 saturated heterocycles. The van der Waals surface area contributed by atoms with Gasteiger partial charge in [0, 0.05) is 17.8 Å². The minimum Gasteiger partial charge on any atom is -0.358 e. The van der Waals surface area contributed by atoms with E-state index in [4.69, 9.17) is 5.73 Å². The largest absolute Gasteiger partial charge is 0.358 e. The summed E-state index contributed by atoms with van der Waals surface area (Å²) in [5.41, 5.74) is 9.33. The van der Waals surface area contributed by atoms with Crippen molar-refractivity contribution in [3.8, 4) is 0 Å². The fraction of sp³-hybridized carbons (Fsp3) is 0.467. The van der Waals surface area contributed by atoms with E-state index in [1.807, 2.05) is 0 Å². The van der Waals surface area contributed by atoms with Crippen molar-refractivity contribution in [3.63, 3.8) is 0 Å². The molecule has 0 aliphatic rings. The topological polar surface area (TPSA) is 53.8 Å². The smallest absolute Gasteiger partial charge is 0.0456 e. The van der Waals surface area contributed by atoms with Crippen molar-refractivity contribution in [1.29, 1.82) is 0 Å². The second-order valence-electron chi connectivity index (χ2n) is 5.12. The molecule has 3 nitrogen and oxygen atoms in total. The molecule has 0 aliphatic carbocycles. The molecule has 1 heterocycles. The summed E-state index contributed by atoms with van der Waals surface area (Å²) in [6.45, 7) is 7.07. The normalized spacial score (nSPS) is 11.6. The van der Waals surface area contributed by atoms with Gasteiger partial charge in [0.05, 0.1) is 0 Å². The Labute approximate surface area is 109 Å². The number of H-pyrrole nitrogens is 1. The molecule has 18 heavy (non-hydrogen) atoms. The molecular weight excluding hydrogens is 222 g/mol. The summed E-state index contributed by atoms with van der Waals surface area (Å²) < 4.78 is 0. The number of hydrogen-bond donors (Lipinski definition) is 3. The minimum absolute atomic E-state index is 0.545. The van der Waals surface area contributed by atoms with Crippen molar-refractivity contribution in [2.24, 2.45) is 5.73 Å². The number of hydrogen-bond acceptors (Lipinski definition) is 2. The molecule has 0 amide bonds. The second kappa shape index (κ2) is 6.03. The zero-order valence-electron chi connectivity index (χ0n) is 11.3. The maximum atomic E-state index is 5.47. The number of nitrogens with two attached hydrogens (primary N) is 1. The summed E-state index contributed by atoms with van der Waals surface area (Å²) in [4.78, 5) is 3.46. The van der Waals surface area contributed by atoms with Crippen LogP contribution in [-0.2, 0) is 6.54 Å². The lowest BCUT2D eigenvalue weighted by Gasteiger charge is -2.03. The van der Waals surface area contributed by atoms with E-state index in [2.05, 4.69) is 48.4 Å². The Bertz CT molecular complexity index is 499. The van der Waals surface area contributed by atoms with E-state index in [0.717, 1.165) is 26.1 Å². The summed E-state index contributed by atoms with van der Waals surface area (Å²) in [5, 5.41) is 4.71. The summed E-state index contributed by atoms with van der Waals surface area (Å²) in [6.07, 6.45) is 1.03. The highest BCUT2D eigenvalue weighted by molar-refractivity contribution is 5.81. The first kappa shape index (κ1) is 13.1. The minimum atomic E-state index is 0.545. The maximum absolute atomic E-state index is 5.47. The number of aromatic amines is 1. The molecule has 0 saturated carbocycles. The molecule has 3 heteroatoms. The Morgan fingerprint density at radius 3 is 2.83 bits per heavy atom. The lowest BCUT2D eigenvalue weighted by atomic mass is 10.1. The van der Waals surface area contributed by atoms with Crippen LogP contribution in [0.2, 0.25) is 0 Å². The molecule has 4 N–H and O–H groups in total. The van der Waals surface area contributed by atoms with Crippen molar-refractivity contribution in [2.45, 2.75) is 32.7 Å². The number of benzene rings is 1. The monoisotopic (exact) mass is 245 g/mol. The average molecular weight is 245 g/mol. The first-order valence-electron chi connectivity index (χ1n) is 6.73. The highest BCUT2D eigenvalue weighted by atomic mass is 14.8. The van der Waals surface area contributed by atoms with E-state index in [-0.39, 0.29) is 0 Å². The van der Waals surface area contributed by atoms with Gasteiger partial charge in [-0.1, -0.05) is 19.9 Å². The standard InChI is InChI=1S/C15H23N3/c1-11(2)15-9-13-8-12(4-5-14(13)18-15)10-17-7-3-6-16/h4-5,8-9,11,17-18H,3,6-7,10,16H2,1-2H3. The lowest BCUT2D eigenvalue weighted by molar-refractivity contribution is 0.656. The maximum Gasteiger partial charge on any atom is 0.0456 e. The first-order chi connectivity index (χ1) is 8.70. The molecule has 1 aromatic heterocycles. The molecule has 0 spiro atoms. The summed E-state index contributed by atoms with van der Waals surface area (Å²) in [5.74, 6) is 0.545. The predicted octanol–water partition coefficient (Wildman–Crippen LogP) is 2.73. The third-order valence-electron chi connectivity index (χ3n) is 3.21. The Kier molecular flexibility index (Phi) is 4.39. The molecule has 0 radical (unpaired) electrons. The van der Waals surface area contributed by atoms with E-state index in [0.29, 0.717) is 5.92 Å². The van der Waals surface area contributed by atoms with E-state index in [1.54, 1.807) is 0 Å². The van der Waals surface area contributed by atoms with Gasteiger partial charge in [0.1, 0.15) is 0 Å². The van der Waals surface area contributed by atoms with E-state index in [9.17, 15) is 0 Å². The van der Waals surface area contributed by atoms with Gasteiger partial charge in [0.25, 0.3) is 0 Å². The molecular formula is C15H23N3.